The van der Waals surface area contributed by atoms with Crippen molar-refractivity contribution in [3.05, 3.63) is 17.5 Å². The molecule has 84 valence electrons. The summed E-state index contributed by atoms with van der Waals surface area (Å²) in [6, 6.07) is 4.65. The topological polar surface area (TPSA) is 26.0 Å². The number of nitrogens with two attached hydrogens (primary N) is 1. The van der Waals surface area contributed by atoms with Crippen LogP contribution in [0.4, 0.5) is 0 Å². The summed E-state index contributed by atoms with van der Waals surface area (Å²) >= 11 is 3.80. The summed E-state index contributed by atoms with van der Waals surface area (Å²) in [7, 11) is 0. The van der Waals surface area contributed by atoms with Crippen molar-refractivity contribution in [3.8, 4) is 0 Å². The van der Waals surface area contributed by atoms with E-state index in [2.05, 4.69) is 31.4 Å². The lowest BCUT2D eigenvalue weighted by molar-refractivity contribution is 0.209. The number of thioether (sulfide) groups is 1. The van der Waals surface area contributed by atoms with Gasteiger partial charge in [0.15, 0.2) is 0 Å². The summed E-state index contributed by atoms with van der Waals surface area (Å²) in [4.78, 5) is 0. The van der Waals surface area contributed by atoms with E-state index in [9.17, 15) is 0 Å². The quantitative estimate of drug-likeness (QED) is 0.853. The van der Waals surface area contributed by atoms with Crippen molar-refractivity contribution in [2.45, 2.75) is 48.6 Å². The molecule has 0 aromatic carbocycles. The van der Waals surface area contributed by atoms with Crippen LogP contribution in [0.1, 0.15) is 33.1 Å². The Morgan fingerprint density at radius 2 is 2.33 bits per heavy atom. The Kier molecular flexibility index (Phi) is 3.43. The normalized spacial score (nSPS) is 30.3. The maximum absolute atomic E-state index is 6.36. The van der Waals surface area contributed by atoms with E-state index in [4.69, 9.17) is 5.73 Å². The molecular weight excluding hydrogens is 222 g/mol. The lowest BCUT2D eigenvalue weighted by Crippen LogP contribution is -2.48. The molecule has 0 radical (unpaired) electrons. The van der Waals surface area contributed by atoms with E-state index in [1.807, 2.05) is 23.1 Å². The highest BCUT2D eigenvalue weighted by molar-refractivity contribution is 8.01. The van der Waals surface area contributed by atoms with Gasteiger partial charge in [-0.2, -0.15) is 0 Å². The maximum atomic E-state index is 6.36. The minimum absolute atomic E-state index is 0.313. The van der Waals surface area contributed by atoms with Crippen LogP contribution in [0.25, 0.3) is 0 Å². The van der Waals surface area contributed by atoms with Gasteiger partial charge in [0.25, 0.3) is 0 Å². The van der Waals surface area contributed by atoms with Gasteiger partial charge in [-0.1, -0.05) is 26.3 Å². The molecule has 2 atom stereocenters. The first-order chi connectivity index (χ1) is 7.09. The summed E-state index contributed by atoms with van der Waals surface area (Å²) in [5.74, 6) is 0. The molecule has 2 rings (SSSR count). The van der Waals surface area contributed by atoms with Crippen LogP contribution >= 0.6 is 23.1 Å². The molecule has 1 heterocycles. The molecule has 15 heavy (non-hydrogen) atoms. The Labute approximate surface area is 100 Å². The fourth-order valence-corrected chi connectivity index (χ4v) is 4.68. The molecule has 1 fully saturated rings. The summed E-state index contributed by atoms with van der Waals surface area (Å²) in [6.45, 7) is 4.61. The third-order valence-corrected chi connectivity index (χ3v) is 5.81. The standard InChI is InChI=1S/C12H19NS2/c1-12(2)7-3-5-9(11(12)13)15-10-6-4-8-14-10/h4,6,8-9,11H,3,5,7,13H2,1-2H3. The van der Waals surface area contributed by atoms with Crippen molar-refractivity contribution in [1.82, 2.24) is 0 Å². The van der Waals surface area contributed by atoms with Gasteiger partial charge in [0, 0.05) is 11.3 Å². The molecule has 0 spiro atoms. The molecule has 2 unspecified atom stereocenters. The first-order valence-corrected chi connectivity index (χ1v) is 7.31. The zero-order chi connectivity index (χ0) is 10.9. The number of thiophene rings is 1. The van der Waals surface area contributed by atoms with E-state index in [-0.39, 0.29) is 0 Å². The fourth-order valence-electron chi connectivity index (χ4n) is 2.22. The number of hydrogen-bond acceptors (Lipinski definition) is 3. The Hall–Kier alpha value is 0.01000. The molecule has 1 aliphatic carbocycles. The van der Waals surface area contributed by atoms with Crippen molar-refractivity contribution in [2.24, 2.45) is 11.1 Å². The van der Waals surface area contributed by atoms with E-state index in [1.165, 1.54) is 23.5 Å². The predicted molar refractivity (Wildman–Crippen MR) is 69.6 cm³/mol. The van der Waals surface area contributed by atoms with Crippen LogP contribution in [0, 0.1) is 5.41 Å². The molecule has 1 aliphatic rings. The highest BCUT2D eigenvalue weighted by Crippen LogP contribution is 2.42. The Balaban J connectivity index is 2.03. The van der Waals surface area contributed by atoms with Crippen LogP contribution in [-0.2, 0) is 0 Å². The van der Waals surface area contributed by atoms with Gasteiger partial charge in [-0.05, 0) is 29.7 Å². The van der Waals surface area contributed by atoms with Gasteiger partial charge in [-0.25, -0.2) is 0 Å². The predicted octanol–water partition coefficient (Wildman–Crippen LogP) is 3.75. The Morgan fingerprint density at radius 1 is 1.53 bits per heavy atom. The van der Waals surface area contributed by atoms with Gasteiger partial charge in [0.2, 0.25) is 0 Å². The van der Waals surface area contributed by atoms with Gasteiger partial charge in [0.1, 0.15) is 0 Å². The lowest BCUT2D eigenvalue weighted by Gasteiger charge is -2.41. The monoisotopic (exact) mass is 241 g/mol. The molecule has 3 heteroatoms. The first kappa shape index (κ1) is 11.5. The second-order valence-electron chi connectivity index (χ2n) is 4.99. The first-order valence-electron chi connectivity index (χ1n) is 5.55. The van der Waals surface area contributed by atoms with Crippen LogP contribution < -0.4 is 5.73 Å². The minimum Gasteiger partial charge on any atom is -0.326 e. The van der Waals surface area contributed by atoms with Crippen molar-refractivity contribution in [2.75, 3.05) is 0 Å². The van der Waals surface area contributed by atoms with Crippen LogP contribution in [0.15, 0.2) is 21.7 Å². The van der Waals surface area contributed by atoms with Crippen molar-refractivity contribution in [3.63, 3.8) is 0 Å². The van der Waals surface area contributed by atoms with Gasteiger partial charge in [0.05, 0.1) is 4.21 Å². The van der Waals surface area contributed by atoms with Gasteiger partial charge >= 0.3 is 0 Å². The average molecular weight is 241 g/mol. The molecule has 2 N–H and O–H groups in total. The maximum Gasteiger partial charge on any atom is 0.0601 e. The van der Waals surface area contributed by atoms with Crippen molar-refractivity contribution in [1.29, 1.82) is 0 Å². The van der Waals surface area contributed by atoms with Crippen LogP contribution in [0.2, 0.25) is 0 Å². The van der Waals surface area contributed by atoms with E-state index < -0.39 is 0 Å². The highest BCUT2D eigenvalue weighted by atomic mass is 32.2. The molecule has 1 saturated carbocycles. The zero-order valence-corrected chi connectivity index (χ0v) is 11.0. The zero-order valence-electron chi connectivity index (χ0n) is 9.40. The molecule has 0 aliphatic heterocycles. The summed E-state index contributed by atoms with van der Waals surface area (Å²) in [5, 5.41) is 2.74. The van der Waals surface area contributed by atoms with Gasteiger partial charge in [-0.15, -0.1) is 23.1 Å². The van der Waals surface area contributed by atoms with Gasteiger partial charge < -0.3 is 5.73 Å². The lowest BCUT2D eigenvalue weighted by atomic mass is 9.73. The van der Waals surface area contributed by atoms with E-state index in [0.29, 0.717) is 16.7 Å². The van der Waals surface area contributed by atoms with E-state index in [0.717, 1.165) is 0 Å². The second-order valence-corrected chi connectivity index (χ2v) is 7.48. The summed E-state index contributed by atoms with van der Waals surface area (Å²) in [6.07, 6.45) is 3.87. The summed E-state index contributed by atoms with van der Waals surface area (Å²) < 4.78 is 1.41. The number of rotatable bonds is 2. The van der Waals surface area contributed by atoms with Crippen LogP contribution in [0.3, 0.4) is 0 Å². The molecule has 0 amide bonds. The van der Waals surface area contributed by atoms with Crippen LogP contribution in [0.5, 0.6) is 0 Å². The molecular formula is C12H19NS2. The minimum atomic E-state index is 0.313. The van der Waals surface area contributed by atoms with Crippen LogP contribution in [-0.4, -0.2) is 11.3 Å². The van der Waals surface area contributed by atoms with E-state index >= 15 is 0 Å². The van der Waals surface area contributed by atoms with E-state index in [1.54, 1.807) is 0 Å². The average Bonchev–Trinajstić information content (AvgIpc) is 2.65. The smallest absolute Gasteiger partial charge is 0.0601 e. The molecule has 0 saturated heterocycles. The molecule has 1 aromatic rings. The third-order valence-electron chi connectivity index (χ3n) is 3.38. The Bertz CT molecular complexity index is 305. The fraction of sp³-hybridized carbons (Fsp3) is 0.667. The number of hydrogen-bond donors (Lipinski definition) is 1. The molecule has 1 aromatic heterocycles. The largest absolute Gasteiger partial charge is 0.326 e. The molecule has 0 bridgehead atoms. The van der Waals surface area contributed by atoms with Crippen molar-refractivity contribution < 1.29 is 0 Å². The second kappa shape index (κ2) is 4.48. The highest BCUT2D eigenvalue weighted by Gasteiger charge is 2.36. The third kappa shape index (κ3) is 2.58. The van der Waals surface area contributed by atoms with Gasteiger partial charge in [-0.3, -0.25) is 0 Å². The summed E-state index contributed by atoms with van der Waals surface area (Å²) in [5.41, 5.74) is 6.67. The molecule has 1 nitrogen and oxygen atoms in total. The van der Waals surface area contributed by atoms with Crippen molar-refractivity contribution >= 4 is 23.1 Å². The Morgan fingerprint density at radius 3 is 3.00 bits per heavy atom. The SMILES string of the molecule is CC1(C)CCCC(Sc2cccs2)C1N.